The van der Waals surface area contributed by atoms with Crippen molar-refractivity contribution in [2.24, 2.45) is 0 Å². The second kappa shape index (κ2) is 6.86. The summed E-state index contributed by atoms with van der Waals surface area (Å²) in [5.74, 6) is -0.190. The standard InChI is InChI=1S/C12H23O2/c1-5-9-10-12(7-3,8-4)14-11(13)6-2/h6H,5,7-10H2,1-4H3. The number of ether oxygens (including phenoxy) is 1. The number of carbonyl (C=O) groups excluding carboxylic acids is 1. The lowest BCUT2D eigenvalue weighted by atomic mass is 9.91. The van der Waals surface area contributed by atoms with Gasteiger partial charge in [-0.15, -0.1) is 0 Å². The maximum atomic E-state index is 11.2. The molecule has 0 amide bonds. The number of carbonyl (C=O) groups is 1. The van der Waals surface area contributed by atoms with Gasteiger partial charge in [-0.05, 0) is 25.7 Å². The first-order chi connectivity index (χ1) is 6.64. The average Bonchev–Trinajstić information content (AvgIpc) is 2.24. The molecule has 0 saturated carbocycles. The highest BCUT2D eigenvalue weighted by Gasteiger charge is 2.29. The first kappa shape index (κ1) is 13.5. The van der Waals surface area contributed by atoms with Crippen LogP contribution in [-0.2, 0) is 9.53 Å². The molecule has 0 rings (SSSR count). The monoisotopic (exact) mass is 199 g/mol. The van der Waals surface area contributed by atoms with Gasteiger partial charge in [0.25, 0.3) is 0 Å². The van der Waals surface area contributed by atoms with Gasteiger partial charge in [-0.3, -0.25) is 4.79 Å². The van der Waals surface area contributed by atoms with E-state index in [1.165, 1.54) is 6.42 Å². The van der Waals surface area contributed by atoms with E-state index in [0.29, 0.717) is 0 Å². The van der Waals surface area contributed by atoms with Gasteiger partial charge in [-0.1, -0.05) is 34.1 Å². The van der Waals surface area contributed by atoms with Gasteiger partial charge in [0.05, 0.1) is 6.42 Å². The molecule has 2 heteroatoms. The molecule has 0 saturated heterocycles. The van der Waals surface area contributed by atoms with E-state index in [2.05, 4.69) is 20.8 Å². The van der Waals surface area contributed by atoms with Crippen molar-refractivity contribution in [1.29, 1.82) is 0 Å². The number of unbranched alkanes of at least 4 members (excludes halogenated alkanes) is 1. The van der Waals surface area contributed by atoms with Crippen LogP contribution in [0, 0.1) is 6.42 Å². The van der Waals surface area contributed by atoms with Gasteiger partial charge in [0, 0.05) is 0 Å². The molecule has 0 N–H and O–H groups in total. The van der Waals surface area contributed by atoms with E-state index in [-0.39, 0.29) is 11.6 Å². The predicted molar refractivity (Wildman–Crippen MR) is 58.9 cm³/mol. The Morgan fingerprint density at radius 2 is 1.86 bits per heavy atom. The highest BCUT2D eigenvalue weighted by molar-refractivity contribution is 5.78. The Balaban J connectivity index is 4.28. The highest BCUT2D eigenvalue weighted by atomic mass is 16.6. The second-order valence-electron chi connectivity index (χ2n) is 3.70. The molecule has 0 aromatic heterocycles. The van der Waals surface area contributed by atoms with E-state index in [1.807, 2.05) is 0 Å². The summed E-state index contributed by atoms with van der Waals surface area (Å²) < 4.78 is 5.49. The number of esters is 1. The molecule has 0 spiro atoms. The summed E-state index contributed by atoms with van der Waals surface area (Å²) in [5, 5.41) is 0. The van der Waals surface area contributed by atoms with Gasteiger partial charge >= 0.3 is 5.97 Å². The Hall–Kier alpha value is -0.530. The molecule has 0 aromatic rings. The Morgan fingerprint density at radius 1 is 1.29 bits per heavy atom. The molecular weight excluding hydrogens is 176 g/mol. The summed E-state index contributed by atoms with van der Waals surface area (Å²) in [6.45, 7) is 8.05. The van der Waals surface area contributed by atoms with Crippen LogP contribution in [0.25, 0.3) is 0 Å². The summed E-state index contributed by atoms with van der Waals surface area (Å²) in [6, 6.07) is 0. The van der Waals surface area contributed by atoms with Crippen molar-refractivity contribution >= 4 is 5.97 Å². The van der Waals surface area contributed by atoms with Crippen molar-refractivity contribution in [3.8, 4) is 0 Å². The smallest absolute Gasteiger partial charge is 0.310 e. The van der Waals surface area contributed by atoms with Gasteiger partial charge in [0.15, 0.2) is 0 Å². The predicted octanol–water partition coefficient (Wildman–Crippen LogP) is 3.50. The average molecular weight is 199 g/mol. The van der Waals surface area contributed by atoms with Crippen LogP contribution in [-0.4, -0.2) is 11.6 Å². The van der Waals surface area contributed by atoms with Crippen molar-refractivity contribution in [2.45, 2.75) is 65.4 Å². The fraction of sp³-hybridized carbons (Fsp3) is 0.833. The van der Waals surface area contributed by atoms with E-state index < -0.39 is 0 Å². The van der Waals surface area contributed by atoms with Crippen LogP contribution in [0.5, 0.6) is 0 Å². The summed E-state index contributed by atoms with van der Waals surface area (Å²) in [4.78, 5) is 11.2. The van der Waals surface area contributed by atoms with E-state index in [0.717, 1.165) is 32.1 Å². The molecule has 0 atom stereocenters. The molecular formula is C12H23O2. The molecule has 0 aliphatic carbocycles. The SMILES string of the molecule is C[CH]C(=O)OC(CC)(CC)CCCC. The molecule has 0 bridgehead atoms. The number of hydrogen-bond acceptors (Lipinski definition) is 2. The Labute approximate surface area is 88.0 Å². The fourth-order valence-electron chi connectivity index (χ4n) is 1.57. The number of hydrogen-bond donors (Lipinski definition) is 0. The molecule has 0 heterocycles. The van der Waals surface area contributed by atoms with Crippen LogP contribution >= 0.6 is 0 Å². The molecule has 0 fully saturated rings. The largest absolute Gasteiger partial charge is 0.459 e. The van der Waals surface area contributed by atoms with Crippen LogP contribution in [0.2, 0.25) is 0 Å². The van der Waals surface area contributed by atoms with Gasteiger partial charge in [-0.2, -0.15) is 0 Å². The first-order valence-electron chi connectivity index (χ1n) is 5.66. The quantitative estimate of drug-likeness (QED) is 0.586. The van der Waals surface area contributed by atoms with E-state index >= 15 is 0 Å². The molecule has 0 unspecified atom stereocenters. The molecule has 0 aliphatic rings. The van der Waals surface area contributed by atoms with Crippen LogP contribution in [0.4, 0.5) is 0 Å². The number of rotatable bonds is 7. The minimum atomic E-state index is -0.223. The Morgan fingerprint density at radius 3 is 2.21 bits per heavy atom. The van der Waals surface area contributed by atoms with E-state index in [4.69, 9.17) is 4.74 Å². The summed E-state index contributed by atoms with van der Waals surface area (Å²) in [6.07, 6.45) is 6.56. The van der Waals surface area contributed by atoms with Crippen LogP contribution in [0.15, 0.2) is 0 Å². The minimum Gasteiger partial charge on any atom is -0.459 e. The van der Waals surface area contributed by atoms with E-state index in [1.54, 1.807) is 6.92 Å². The molecule has 0 aliphatic heterocycles. The maximum absolute atomic E-state index is 11.2. The maximum Gasteiger partial charge on any atom is 0.310 e. The molecule has 2 nitrogen and oxygen atoms in total. The lowest BCUT2D eigenvalue weighted by molar-refractivity contribution is -0.157. The normalized spacial score (nSPS) is 11.4. The Bertz CT molecular complexity index is 160. The third-order valence-electron chi connectivity index (χ3n) is 2.83. The topological polar surface area (TPSA) is 26.3 Å². The zero-order chi connectivity index (χ0) is 11.0. The van der Waals surface area contributed by atoms with Gasteiger partial charge in [0.1, 0.15) is 5.60 Å². The first-order valence-corrected chi connectivity index (χ1v) is 5.66. The Kier molecular flexibility index (Phi) is 6.60. The lowest BCUT2D eigenvalue weighted by Gasteiger charge is -2.31. The van der Waals surface area contributed by atoms with Gasteiger partial charge < -0.3 is 4.74 Å². The van der Waals surface area contributed by atoms with Gasteiger partial charge in [-0.25, -0.2) is 0 Å². The third-order valence-corrected chi connectivity index (χ3v) is 2.83. The van der Waals surface area contributed by atoms with Crippen LogP contribution in [0.3, 0.4) is 0 Å². The van der Waals surface area contributed by atoms with Gasteiger partial charge in [0.2, 0.25) is 0 Å². The van der Waals surface area contributed by atoms with Crippen molar-refractivity contribution < 1.29 is 9.53 Å². The van der Waals surface area contributed by atoms with Crippen molar-refractivity contribution in [2.75, 3.05) is 0 Å². The summed E-state index contributed by atoms with van der Waals surface area (Å²) in [7, 11) is 0. The zero-order valence-corrected chi connectivity index (χ0v) is 9.93. The van der Waals surface area contributed by atoms with Crippen LogP contribution in [0.1, 0.15) is 59.8 Å². The van der Waals surface area contributed by atoms with E-state index in [9.17, 15) is 4.79 Å². The summed E-state index contributed by atoms with van der Waals surface area (Å²) >= 11 is 0. The third kappa shape index (κ3) is 4.12. The van der Waals surface area contributed by atoms with Crippen LogP contribution < -0.4 is 0 Å². The van der Waals surface area contributed by atoms with Crippen molar-refractivity contribution in [3.05, 3.63) is 6.42 Å². The molecule has 83 valence electrons. The second-order valence-corrected chi connectivity index (χ2v) is 3.70. The summed E-state index contributed by atoms with van der Waals surface area (Å²) in [5.41, 5.74) is -0.223. The highest BCUT2D eigenvalue weighted by Crippen LogP contribution is 2.27. The molecule has 14 heavy (non-hydrogen) atoms. The van der Waals surface area contributed by atoms with Crippen molar-refractivity contribution in [3.63, 3.8) is 0 Å². The lowest BCUT2D eigenvalue weighted by Crippen LogP contribution is -2.33. The fourth-order valence-corrected chi connectivity index (χ4v) is 1.57. The minimum absolute atomic E-state index is 0.190. The zero-order valence-electron chi connectivity index (χ0n) is 9.93. The van der Waals surface area contributed by atoms with Crippen molar-refractivity contribution in [1.82, 2.24) is 0 Å². The molecule has 0 aromatic carbocycles. The molecule has 1 radical (unpaired) electrons.